The average molecular weight is 157 g/mol. The molecule has 0 aliphatic heterocycles. The molecule has 1 aromatic heterocycles. The normalized spacial score (nSPS) is 10.0. The molecule has 2 N–H and O–H groups in total. The van der Waals surface area contributed by atoms with Crippen LogP contribution in [0.2, 0.25) is 0 Å². The van der Waals surface area contributed by atoms with Crippen LogP contribution in [0.15, 0.2) is 10.7 Å². The molecule has 0 amide bonds. The molecule has 0 aliphatic carbocycles. The van der Waals surface area contributed by atoms with E-state index in [1.165, 1.54) is 0 Å². The van der Waals surface area contributed by atoms with Crippen LogP contribution < -0.4 is 15.5 Å². The van der Waals surface area contributed by atoms with E-state index in [9.17, 15) is 0 Å². The molecule has 0 aromatic carbocycles. The van der Waals surface area contributed by atoms with Gasteiger partial charge in [-0.2, -0.15) is 5.01 Å². The van der Waals surface area contributed by atoms with Crippen LogP contribution >= 0.6 is 0 Å². The van der Waals surface area contributed by atoms with Crippen molar-refractivity contribution < 1.29 is 9.31 Å². The van der Waals surface area contributed by atoms with Crippen molar-refractivity contribution in [3.63, 3.8) is 0 Å². The Morgan fingerprint density at radius 2 is 2.27 bits per heavy atom. The van der Waals surface area contributed by atoms with Crippen molar-refractivity contribution in [3.05, 3.63) is 6.20 Å². The molecule has 1 heterocycles. The van der Waals surface area contributed by atoms with Gasteiger partial charge in [0.15, 0.2) is 0 Å². The van der Waals surface area contributed by atoms with E-state index in [4.69, 9.17) is 10.3 Å². The Hall–Kier alpha value is -1.26. The molecule has 1 rings (SSSR count). The summed E-state index contributed by atoms with van der Waals surface area (Å²) >= 11 is 0. The van der Waals surface area contributed by atoms with Gasteiger partial charge in [0.1, 0.15) is 0 Å². The first kappa shape index (κ1) is 7.84. The quantitative estimate of drug-likeness (QED) is 0.602. The van der Waals surface area contributed by atoms with Gasteiger partial charge in [-0.15, -0.1) is 0 Å². The molecule has 0 fully saturated rings. The van der Waals surface area contributed by atoms with E-state index >= 15 is 0 Å². The predicted octanol–water partition coefficient (Wildman–Crippen LogP) is -0.478. The van der Waals surface area contributed by atoms with E-state index < -0.39 is 0 Å². The Balaban J connectivity index is 2.73. The molecule has 1 aromatic rings. The Morgan fingerprint density at radius 3 is 2.64 bits per heavy atom. The molecule has 0 atom stereocenters. The highest BCUT2D eigenvalue weighted by Gasteiger charge is 2.14. The first-order chi connectivity index (χ1) is 5.27. The third kappa shape index (κ3) is 1.60. The maximum absolute atomic E-state index is 5.35. The van der Waals surface area contributed by atoms with Crippen molar-refractivity contribution in [2.24, 2.45) is 0 Å². The van der Waals surface area contributed by atoms with Crippen LogP contribution in [0, 0.1) is 0 Å². The fraction of sp³-hybridized carbons (Fsp3) is 0.667. The summed E-state index contributed by atoms with van der Waals surface area (Å²) in [5.41, 5.74) is 5.35. The largest absolute Gasteiger partial charge is 0.362 e. The molecule has 0 unspecified atom stereocenters. The third-order valence-electron chi connectivity index (χ3n) is 1.49. The molecular weight excluding hydrogens is 144 g/mol. The molecule has 0 radical (unpaired) electrons. The van der Waals surface area contributed by atoms with Crippen molar-refractivity contribution in [2.75, 3.05) is 23.8 Å². The molecule has 62 valence electrons. The van der Waals surface area contributed by atoms with Gasteiger partial charge in [-0.3, -0.25) is 4.52 Å². The van der Waals surface area contributed by atoms with Crippen LogP contribution in [0.1, 0.15) is 13.8 Å². The van der Waals surface area contributed by atoms with Crippen LogP contribution in [-0.4, -0.2) is 18.4 Å². The van der Waals surface area contributed by atoms with Gasteiger partial charge in [0.25, 0.3) is 12.1 Å². The first-order valence-corrected chi connectivity index (χ1v) is 3.67. The van der Waals surface area contributed by atoms with Crippen LogP contribution in [0.5, 0.6) is 0 Å². The molecule has 0 bridgehead atoms. The zero-order valence-electron chi connectivity index (χ0n) is 6.82. The van der Waals surface area contributed by atoms with Gasteiger partial charge in [0, 0.05) is 0 Å². The number of nitrogens with zero attached hydrogens (tertiary/aromatic N) is 3. The third-order valence-corrected chi connectivity index (χ3v) is 1.49. The smallest absolute Gasteiger partial charge is 0.296 e. The highest BCUT2D eigenvalue weighted by atomic mass is 16.5. The van der Waals surface area contributed by atoms with E-state index in [0.29, 0.717) is 5.88 Å². The number of nitrogen functional groups attached to an aromatic ring is 1. The van der Waals surface area contributed by atoms with Crippen LogP contribution in [0.25, 0.3) is 0 Å². The zero-order chi connectivity index (χ0) is 8.27. The summed E-state index contributed by atoms with van der Waals surface area (Å²) in [6.45, 7) is 5.85. The lowest BCUT2D eigenvalue weighted by atomic mass is 10.6. The molecule has 0 saturated heterocycles. The molecule has 0 aliphatic rings. The van der Waals surface area contributed by atoms with Crippen LogP contribution in [0.3, 0.4) is 0 Å². The van der Waals surface area contributed by atoms with E-state index in [1.54, 1.807) is 11.0 Å². The van der Waals surface area contributed by atoms with Crippen molar-refractivity contribution in [1.29, 1.82) is 0 Å². The Bertz CT molecular complexity index is 218. The number of hydrogen-bond acceptors (Lipinski definition) is 4. The summed E-state index contributed by atoms with van der Waals surface area (Å²) in [5.74, 6) is 0.330. The fourth-order valence-electron chi connectivity index (χ4n) is 0.897. The van der Waals surface area contributed by atoms with E-state index in [2.05, 4.69) is 5.27 Å². The molecule has 11 heavy (non-hydrogen) atoms. The monoisotopic (exact) mass is 157 g/mol. The Kier molecular flexibility index (Phi) is 2.30. The SMILES string of the molecule is CCN(CC)[n+]1cc(N)on1. The number of hydrogen-bond donors (Lipinski definition) is 1. The standard InChI is InChI=1S/C6H13N4O/c1-3-9(4-2)10-5-6(7)11-8-10/h5H,3-4,7H2,1-2H3/q+1. The lowest BCUT2D eigenvalue weighted by molar-refractivity contribution is -0.758. The maximum Gasteiger partial charge on any atom is 0.296 e. The van der Waals surface area contributed by atoms with Gasteiger partial charge < -0.3 is 5.73 Å². The lowest BCUT2D eigenvalue weighted by Gasteiger charge is -2.05. The second kappa shape index (κ2) is 3.23. The zero-order valence-corrected chi connectivity index (χ0v) is 6.82. The minimum atomic E-state index is 0.330. The number of rotatable bonds is 3. The highest BCUT2D eigenvalue weighted by molar-refractivity contribution is 5.11. The average Bonchev–Trinajstić information content (AvgIpc) is 2.39. The lowest BCUT2D eigenvalue weighted by Crippen LogP contribution is -2.58. The Labute approximate surface area is 65.3 Å². The Morgan fingerprint density at radius 1 is 1.64 bits per heavy atom. The van der Waals surface area contributed by atoms with Crippen molar-refractivity contribution in [1.82, 2.24) is 5.27 Å². The summed E-state index contributed by atoms with van der Waals surface area (Å²) in [5, 5.41) is 5.69. The number of nitrogens with two attached hydrogens (primary N) is 1. The van der Waals surface area contributed by atoms with Crippen LogP contribution in [0.4, 0.5) is 5.88 Å². The molecule has 5 nitrogen and oxygen atoms in total. The van der Waals surface area contributed by atoms with Crippen molar-refractivity contribution in [3.8, 4) is 0 Å². The highest BCUT2D eigenvalue weighted by Crippen LogP contribution is 1.90. The van der Waals surface area contributed by atoms with Crippen LogP contribution in [-0.2, 0) is 0 Å². The van der Waals surface area contributed by atoms with E-state index in [-0.39, 0.29) is 0 Å². The van der Waals surface area contributed by atoms with Gasteiger partial charge in [-0.05, 0) is 13.8 Å². The van der Waals surface area contributed by atoms with Gasteiger partial charge in [0.2, 0.25) is 5.27 Å². The first-order valence-electron chi connectivity index (χ1n) is 3.67. The number of aromatic nitrogens is 2. The minimum absolute atomic E-state index is 0.330. The fourth-order valence-corrected chi connectivity index (χ4v) is 0.897. The summed E-state index contributed by atoms with van der Waals surface area (Å²) in [4.78, 5) is 1.61. The molecular formula is C6H13N4O+. The van der Waals surface area contributed by atoms with Gasteiger partial charge in [-0.25, -0.2) is 0 Å². The van der Waals surface area contributed by atoms with E-state index in [1.807, 2.05) is 18.9 Å². The van der Waals surface area contributed by atoms with Crippen molar-refractivity contribution >= 4 is 5.88 Å². The summed E-state index contributed by atoms with van der Waals surface area (Å²) < 4.78 is 4.70. The molecule has 5 heteroatoms. The molecule has 0 saturated carbocycles. The van der Waals surface area contributed by atoms with Gasteiger partial charge in [-0.1, -0.05) is 0 Å². The maximum atomic E-state index is 5.35. The second-order valence-corrected chi connectivity index (χ2v) is 2.16. The summed E-state index contributed by atoms with van der Waals surface area (Å²) in [6.07, 6.45) is 1.65. The van der Waals surface area contributed by atoms with Crippen molar-refractivity contribution in [2.45, 2.75) is 13.8 Å². The van der Waals surface area contributed by atoms with E-state index in [0.717, 1.165) is 13.1 Å². The second-order valence-electron chi connectivity index (χ2n) is 2.16. The van der Waals surface area contributed by atoms with Gasteiger partial charge >= 0.3 is 0 Å². The number of anilines is 1. The summed E-state index contributed by atoms with van der Waals surface area (Å²) in [7, 11) is 0. The summed E-state index contributed by atoms with van der Waals surface area (Å²) in [6, 6.07) is 0. The predicted molar refractivity (Wildman–Crippen MR) is 40.4 cm³/mol. The molecule has 0 spiro atoms. The topological polar surface area (TPSA) is 59.2 Å². The van der Waals surface area contributed by atoms with Gasteiger partial charge in [0.05, 0.1) is 17.9 Å². The minimum Gasteiger partial charge on any atom is -0.362 e.